The van der Waals surface area contributed by atoms with Gasteiger partial charge in [-0.05, 0) is 29.8 Å². The van der Waals surface area contributed by atoms with Gasteiger partial charge in [0, 0.05) is 42.6 Å². The number of aromatic amines is 1. The molecule has 0 unspecified atom stereocenters. The van der Waals surface area contributed by atoms with Crippen molar-refractivity contribution in [1.29, 1.82) is 0 Å². The average molecular weight is 386 g/mol. The molecule has 0 spiro atoms. The van der Waals surface area contributed by atoms with Crippen molar-refractivity contribution in [3.63, 3.8) is 0 Å². The van der Waals surface area contributed by atoms with E-state index in [-0.39, 0.29) is 24.4 Å². The minimum absolute atomic E-state index is 0.0769. The first kappa shape index (κ1) is 19.5. The molecule has 8 heteroatoms. The lowest BCUT2D eigenvalue weighted by atomic mass is 10.0. The molecule has 28 heavy (non-hydrogen) atoms. The maximum Gasteiger partial charge on any atom is 0.256 e. The van der Waals surface area contributed by atoms with E-state index in [1.54, 1.807) is 6.20 Å². The predicted molar refractivity (Wildman–Crippen MR) is 101 cm³/mol. The molecule has 146 valence electrons. The highest BCUT2D eigenvalue weighted by molar-refractivity contribution is 5.88. The number of para-hydroxylation sites is 1. The van der Waals surface area contributed by atoms with Gasteiger partial charge in [0.15, 0.2) is 0 Å². The number of amides is 2. The van der Waals surface area contributed by atoms with Gasteiger partial charge in [-0.25, -0.2) is 14.2 Å². The van der Waals surface area contributed by atoms with Gasteiger partial charge in [-0.1, -0.05) is 18.2 Å². The van der Waals surface area contributed by atoms with Crippen molar-refractivity contribution in [1.82, 2.24) is 21.2 Å². The van der Waals surface area contributed by atoms with Crippen molar-refractivity contribution >= 4 is 22.7 Å². The largest absolute Gasteiger partial charge is 0.361 e. The first-order chi connectivity index (χ1) is 13.4. The minimum Gasteiger partial charge on any atom is -0.361 e. The Morgan fingerprint density at radius 3 is 2.68 bits per heavy atom. The molecular weight excluding hydrogens is 366 g/mol. The van der Waals surface area contributed by atoms with E-state index >= 15 is 0 Å². The molecule has 1 aromatic heterocycles. The van der Waals surface area contributed by atoms with Crippen LogP contribution >= 0.6 is 0 Å². The van der Waals surface area contributed by atoms with Crippen LogP contribution in [0.5, 0.6) is 0 Å². The van der Waals surface area contributed by atoms with E-state index in [0.29, 0.717) is 0 Å². The van der Waals surface area contributed by atoms with Gasteiger partial charge >= 0.3 is 0 Å². The monoisotopic (exact) mass is 386 g/mol. The van der Waals surface area contributed by atoms with Crippen LogP contribution < -0.4 is 16.2 Å². The van der Waals surface area contributed by atoms with Gasteiger partial charge < -0.3 is 10.3 Å². The molecule has 6 nitrogen and oxygen atoms in total. The molecule has 0 bridgehead atoms. The maximum atomic E-state index is 13.6. The third-order valence-electron chi connectivity index (χ3n) is 4.29. The number of hydrogen-bond donors (Lipinski definition) is 4. The van der Waals surface area contributed by atoms with Crippen LogP contribution in [-0.2, 0) is 22.6 Å². The zero-order valence-electron chi connectivity index (χ0n) is 15.2. The number of hydrogen-bond acceptors (Lipinski definition) is 3. The van der Waals surface area contributed by atoms with Gasteiger partial charge in [-0.3, -0.25) is 15.0 Å². The quantitative estimate of drug-likeness (QED) is 0.470. The Bertz CT molecular complexity index is 1000. The zero-order valence-corrected chi connectivity index (χ0v) is 15.2. The van der Waals surface area contributed by atoms with Crippen molar-refractivity contribution in [2.75, 3.05) is 0 Å². The van der Waals surface area contributed by atoms with Crippen LogP contribution in [0.2, 0.25) is 0 Å². The van der Waals surface area contributed by atoms with Gasteiger partial charge in [-0.2, -0.15) is 0 Å². The van der Waals surface area contributed by atoms with Crippen molar-refractivity contribution in [2.24, 2.45) is 0 Å². The number of nitrogens with one attached hydrogen (secondary N) is 4. The third-order valence-corrected chi connectivity index (χ3v) is 4.29. The Kier molecular flexibility index (Phi) is 6.00. The number of H-pyrrole nitrogens is 1. The summed E-state index contributed by atoms with van der Waals surface area (Å²) in [6.07, 6.45) is 2.06. The molecule has 4 N–H and O–H groups in total. The highest BCUT2D eigenvalue weighted by Crippen LogP contribution is 2.19. The molecule has 3 aromatic rings. The first-order valence-corrected chi connectivity index (χ1v) is 8.73. The van der Waals surface area contributed by atoms with Crippen LogP contribution in [0.25, 0.3) is 10.9 Å². The lowest BCUT2D eigenvalue weighted by molar-refractivity contribution is -0.128. The number of benzene rings is 2. The normalized spacial score (nSPS) is 12.0. The van der Waals surface area contributed by atoms with Gasteiger partial charge in [-0.15, -0.1) is 0 Å². The van der Waals surface area contributed by atoms with E-state index in [1.807, 2.05) is 24.3 Å². The Morgan fingerprint density at radius 2 is 1.89 bits per heavy atom. The number of halogens is 2. The van der Waals surface area contributed by atoms with E-state index in [4.69, 9.17) is 0 Å². The second-order valence-corrected chi connectivity index (χ2v) is 6.40. The average Bonchev–Trinajstić information content (AvgIpc) is 3.06. The molecule has 0 aliphatic carbocycles. The van der Waals surface area contributed by atoms with E-state index in [1.165, 1.54) is 6.92 Å². The molecule has 2 aromatic carbocycles. The van der Waals surface area contributed by atoms with Crippen LogP contribution in [0.4, 0.5) is 8.78 Å². The van der Waals surface area contributed by atoms with Crippen molar-refractivity contribution in [3.05, 3.63) is 71.4 Å². The van der Waals surface area contributed by atoms with Crippen molar-refractivity contribution in [2.45, 2.75) is 25.9 Å². The third kappa shape index (κ3) is 4.72. The summed E-state index contributed by atoms with van der Waals surface area (Å²) >= 11 is 0. The van der Waals surface area contributed by atoms with Crippen LogP contribution in [0, 0.1) is 11.6 Å². The maximum absolute atomic E-state index is 13.6. The molecule has 0 saturated carbocycles. The summed E-state index contributed by atoms with van der Waals surface area (Å²) in [5.74, 6) is -1.99. The van der Waals surface area contributed by atoms with Gasteiger partial charge in [0.1, 0.15) is 17.7 Å². The standard InChI is InChI=1S/C20H20F2N4O2/c1-12(27)25-19(9-13-10-23-18-5-3-2-4-16(13)18)20(28)26-24-11-14-8-15(21)6-7-17(14)22/h2-8,10,19,23-24H,9,11H2,1H3,(H,25,27)(H,26,28)/t19-/m1/s1. The van der Waals surface area contributed by atoms with E-state index in [0.717, 1.165) is 34.7 Å². The fourth-order valence-corrected chi connectivity index (χ4v) is 2.97. The summed E-state index contributed by atoms with van der Waals surface area (Å²) in [7, 11) is 0. The molecule has 3 rings (SSSR count). The molecule has 1 heterocycles. The van der Waals surface area contributed by atoms with E-state index < -0.39 is 23.6 Å². The smallest absolute Gasteiger partial charge is 0.256 e. The topological polar surface area (TPSA) is 86.0 Å². The Labute approximate surface area is 160 Å². The zero-order chi connectivity index (χ0) is 20.1. The van der Waals surface area contributed by atoms with E-state index in [9.17, 15) is 18.4 Å². The Morgan fingerprint density at radius 1 is 1.11 bits per heavy atom. The molecule has 2 amide bonds. The second-order valence-electron chi connectivity index (χ2n) is 6.40. The van der Waals surface area contributed by atoms with Crippen molar-refractivity contribution in [3.8, 4) is 0 Å². The molecule has 1 atom stereocenters. The van der Waals surface area contributed by atoms with Crippen molar-refractivity contribution < 1.29 is 18.4 Å². The number of carbonyl (C=O) groups is 2. The summed E-state index contributed by atoms with van der Waals surface area (Å²) in [6.45, 7) is 1.22. The summed E-state index contributed by atoms with van der Waals surface area (Å²) < 4.78 is 26.9. The summed E-state index contributed by atoms with van der Waals surface area (Å²) in [5, 5.41) is 3.57. The highest BCUT2D eigenvalue weighted by Gasteiger charge is 2.21. The minimum atomic E-state index is -0.832. The highest BCUT2D eigenvalue weighted by atomic mass is 19.1. The second kappa shape index (κ2) is 8.62. The fourth-order valence-electron chi connectivity index (χ4n) is 2.97. The van der Waals surface area contributed by atoms with Crippen LogP contribution in [0.1, 0.15) is 18.1 Å². The Hall–Kier alpha value is -3.26. The first-order valence-electron chi connectivity index (χ1n) is 8.73. The number of fused-ring (bicyclic) bond motifs is 1. The summed E-state index contributed by atoms with van der Waals surface area (Å²) in [4.78, 5) is 27.2. The number of carbonyl (C=O) groups excluding carboxylic acids is 2. The van der Waals surface area contributed by atoms with Gasteiger partial charge in [0.2, 0.25) is 5.91 Å². The molecule has 0 aliphatic heterocycles. The SMILES string of the molecule is CC(=O)N[C@H](Cc1c[nH]c2ccccc12)C(=O)NNCc1cc(F)ccc1F. The number of hydrazine groups is 1. The lowest BCUT2D eigenvalue weighted by Crippen LogP contribution is -2.51. The van der Waals surface area contributed by atoms with Crippen LogP contribution in [0.15, 0.2) is 48.7 Å². The van der Waals surface area contributed by atoms with E-state index in [2.05, 4.69) is 21.2 Å². The van der Waals surface area contributed by atoms with Gasteiger partial charge in [0.05, 0.1) is 0 Å². The number of aromatic nitrogens is 1. The van der Waals surface area contributed by atoms with Crippen LogP contribution in [-0.4, -0.2) is 22.8 Å². The Balaban J connectivity index is 1.66. The summed E-state index contributed by atoms with van der Waals surface area (Å²) in [5.41, 5.74) is 6.90. The van der Waals surface area contributed by atoms with Crippen LogP contribution in [0.3, 0.4) is 0 Å². The predicted octanol–water partition coefficient (Wildman–Crippen LogP) is 2.31. The molecule has 0 fully saturated rings. The lowest BCUT2D eigenvalue weighted by Gasteiger charge is -2.18. The number of rotatable bonds is 7. The molecule has 0 saturated heterocycles. The van der Waals surface area contributed by atoms with Gasteiger partial charge in [0.25, 0.3) is 5.91 Å². The molecule has 0 radical (unpaired) electrons. The fraction of sp³-hybridized carbons (Fsp3) is 0.200. The molecule has 0 aliphatic rings. The summed E-state index contributed by atoms with van der Waals surface area (Å²) in [6, 6.07) is 9.89. The molecular formula is C20H20F2N4O2.